The van der Waals surface area contributed by atoms with Gasteiger partial charge in [-0.15, -0.1) is 0 Å². The first-order valence-corrected chi connectivity index (χ1v) is 11.9. The van der Waals surface area contributed by atoms with Crippen LogP contribution in [0.15, 0.2) is 53.4 Å². The molecule has 2 aromatic rings. The number of amides is 2. The molecule has 2 heterocycles. The highest BCUT2D eigenvalue weighted by Gasteiger charge is 2.33. The van der Waals surface area contributed by atoms with Gasteiger partial charge in [0, 0.05) is 38.3 Å². The number of benzene rings is 2. The molecule has 8 nitrogen and oxygen atoms in total. The lowest BCUT2D eigenvalue weighted by Crippen LogP contribution is -2.50. The standard InChI is InChI=1S/C22H22ClN3O5S/c1-15-22(28)24-18-13-17(23)20(14-19(18)31-15)32(29,30)26-11-9-25(10-12-26)21(27)8-7-16-5-3-2-4-6-16/h2-8,13-15H,9-12H2,1H3,(H,24,28)/b8-7+. The van der Waals surface area contributed by atoms with Crippen molar-refractivity contribution in [2.24, 2.45) is 0 Å². The van der Waals surface area contributed by atoms with E-state index in [-0.39, 0.29) is 53.7 Å². The van der Waals surface area contributed by atoms with Gasteiger partial charge in [0.05, 0.1) is 10.7 Å². The average Bonchev–Trinajstić information content (AvgIpc) is 2.79. The van der Waals surface area contributed by atoms with E-state index in [1.54, 1.807) is 17.9 Å². The van der Waals surface area contributed by atoms with Crippen LogP contribution in [0.25, 0.3) is 6.08 Å². The molecule has 0 spiro atoms. The number of rotatable bonds is 4. The summed E-state index contributed by atoms with van der Waals surface area (Å²) in [7, 11) is -3.91. The van der Waals surface area contributed by atoms with Crippen molar-refractivity contribution in [2.45, 2.75) is 17.9 Å². The van der Waals surface area contributed by atoms with Crippen molar-refractivity contribution < 1.29 is 22.7 Å². The van der Waals surface area contributed by atoms with Gasteiger partial charge in [0.15, 0.2) is 6.10 Å². The van der Waals surface area contributed by atoms with Crippen LogP contribution in [0.2, 0.25) is 5.02 Å². The number of halogens is 1. The molecule has 1 saturated heterocycles. The van der Waals surface area contributed by atoms with Crippen molar-refractivity contribution in [3.63, 3.8) is 0 Å². The van der Waals surface area contributed by atoms with Gasteiger partial charge in [-0.05, 0) is 24.6 Å². The molecule has 4 rings (SSSR count). The summed E-state index contributed by atoms with van der Waals surface area (Å²) < 4.78 is 33.2. The molecule has 0 aliphatic carbocycles. The number of sulfonamides is 1. The highest BCUT2D eigenvalue weighted by Crippen LogP contribution is 2.38. The van der Waals surface area contributed by atoms with E-state index in [1.807, 2.05) is 30.3 Å². The molecule has 1 atom stereocenters. The first kappa shape index (κ1) is 22.3. The molecule has 0 bridgehead atoms. The number of hydrogen-bond acceptors (Lipinski definition) is 5. The summed E-state index contributed by atoms with van der Waals surface area (Å²) in [6, 6.07) is 12.2. The van der Waals surface area contributed by atoms with Crippen LogP contribution in [0, 0.1) is 0 Å². The van der Waals surface area contributed by atoms with E-state index in [4.69, 9.17) is 16.3 Å². The fourth-order valence-corrected chi connectivity index (χ4v) is 5.47. The Bertz CT molecular complexity index is 1180. The number of ether oxygens (including phenoxy) is 1. The highest BCUT2D eigenvalue weighted by atomic mass is 35.5. The molecule has 0 saturated carbocycles. The molecule has 1 fully saturated rings. The lowest BCUT2D eigenvalue weighted by molar-refractivity contribution is -0.127. The number of carbonyl (C=O) groups is 2. The Morgan fingerprint density at radius 2 is 1.84 bits per heavy atom. The second-order valence-corrected chi connectivity index (χ2v) is 9.82. The van der Waals surface area contributed by atoms with E-state index in [9.17, 15) is 18.0 Å². The van der Waals surface area contributed by atoms with Gasteiger partial charge in [0.2, 0.25) is 15.9 Å². The van der Waals surface area contributed by atoms with E-state index in [0.29, 0.717) is 5.69 Å². The van der Waals surface area contributed by atoms with Crippen LogP contribution in [0.4, 0.5) is 5.69 Å². The molecule has 2 aliphatic rings. The Hall–Kier alpha value is -2.88. The number of nitrogens with zero attached hydrogens (tertiary/aromatic N) is 2. The van der Waals surface area contributed by atoms with E-state index in [1.165, 1.54) is 22.5 Å². The van der Waals surface area contributed by atoms with E-state index in [0.717, 1.165) is 5.56 Å². The van der Waals surface area contributed by atoms with Gasteiger partial charge in [-0.3, -0.25) is 9.59 Å². The first-order valence-electron chi connectivity index (χ1n) is 10.1. The lowest BCUT2D eigenvalue weighted by atomic mass is 10.2. The van der Waals surface area contributed by atoms with E-state index in [2.05, 4.69) is 5.32 Å². The van der Waals surface area contributed by atoms with Crippen LogP contribution in [-0.2, 0) is 19.6 Å². The van der Waals surface area contributed by atoms with Crippen molar-refractivity contribution in [3.05, 3.63) is 59.1 Å². The molecule has 0 radical (unpaired) electrons. The quantitative estimate of drug-likeness (QED) is 0.686. The number of fused-ring (bicyclic) bond motifs is 1. The van der Waals surface area contributed by atoms with E-state index < -0.39 is 16.1 Å². The zero-order valence-corrected chi connectivity index (χ0v) is 18.9. The molecule has 2 aliphatic heterocycles. The molecule has 0 aromatic heterocycles. The molecule has 10 heteroatoms. The zero-order chi connectivity index (χ0) is 22.9. The number of nitrogens with one attached hydrogen (secondary N) is 1. The van der Waals surface area contributed by atoms with Crippen LogP contribution < -0.4 is 10.1 Å². The van der Waals surface area contributed by atoms with Crippen molar-refractivity contribution in [1.82, 2.24) is 9.21 Å². The van der Waals surface area contributed by atoms with Crippen LogP contribution in [-0.4, -0.2) is 61.7 Å². The summed E-state index contributed by atoms with van der Waals surface area (Å²) in [6.07, 6.45) is 2.49. The van der Waals surface area contributed by atoms with Crippen LogP contribution in [0.5, 0.6) is 5.75 Å². The fraction of sp³-hybridized carbons (Fsp3) is 0.273. The molecule has 2 aromatic carbocycles. The van der Waals surface area contributed by atoms with Gasteiger partial charge in [0.1, 0.15) is 10.6 Å². The van der Waals surface area contributed by atoms with Crippen molar-refractivity contribution >= 4 is 45.2 Å². The Kier molecular flexibility index (Phi) is 6.23. The van der Waals surface area contributed by atoms with Crippen LogP contribution in [0.1, 0.15) is 12.5 Å². The summed E-state index contributed by atoms with van der Waals surface area (Å²) in [4.78, 5) is 25.8. The second-order valence-electron chi connectivity index (χ2n) is 7.50. The SMILES string of the molecule is CC1Oc2cc(S(=O)(=O)N3CCN(C(=O)/C=C/c4ccccc4)CC3)c(Cl)cc2NC1=O. The summed E-state index contributed by atoms with van der Waals surface area (Å²) in [5, 5.41) is 2.64. The zero-order valence-electron chi connectivity index (χ0n) is 17.3. The number of anilines is 1. The summed E-state index contributed by atoms with van der Waals surface area (Å²) in [6.45, 7) is 2.40. The first-order chi connectivity index (χ1) is 15.3. The summed E-state index contributed by atoms with van der Waals surface area (Å²) in [5.74, 6) is -0.248. The summed E-state index contributed by atoms with van der Waals surface area (Å²) >= 11 is 6.24. The van der Waals surface area contributed by atoms with E-state index >= 15 is 0 Å². The third-order valence-electron chi connectivity index (χ3n) is 5.35. The lowest BCUT2D eigenvalue weighted by Gasteiger charge is -2.34. The minimum absolute atomic E-state index is 0.00787. The minimum Gasteiger partial charge on any atom is -0.479 e. The maximum absolute atomic E-state index is 13.2. The molecular formula is C22H22ClN3O5S. The Labute approximate surface area is 191 Å². The third kappa shape index (κ3) is 4.50. The smallest absolute Gasteiger partial charge is 0.265 e. The maximum atomic E-state index is 13.2. The number of hydrogen-bond donors (Lipinski definition) is 1. The predicted molar refractivity (Wildman–Crippen MR) is 121 cm³/mol. The molecule has 2 amide bonds. The number of piperazine rings is 1. The largest absolute Gasteiger partial charge is 0.479 e. The summed E-state index contributed by atoms with van der Waals surface area (Å²) in [5.41, 5.74) is 1.24. The van der Waals surface area contributed by atoms with Gasteiger partial charge in [-0.1, -0.05) is 41.9 Å². The van der Waals surface area contributed by atoms with Crippen LogP contribution >= 0.6 is 11.6 Å². The Balaban J connectivity index is 1.45. The number of carbonyl (C=O) groups excluding carboxylic acids is 2. The van der Waals surface area contributed by atoms with Gasteiger partial charge in [0.25, 0.3) is 5.91 Å². The Morgan fingerprint density at radius 3 is 2.53 bits per heavy atom. The monoisotopic (exact) mass is 475 g/mol. The molecular weight excluding hydrogens is 454 g/mol. The normalized spacial score (nSPS) is 19.4. The van der Waals surface area contributed by atoms with Crippen molar-refractivity contribution in [2.75, 3.05) is 31.5 Å². The van der Waals surface area contributed by atoms with Gasteiger partial charge in [-0.25, -0.2) is 8.42 Å². The highest BCUT2D eigenvalue weighted by molar-refractivity contribution is 7.89. The van der Waals surface area contributed by atoms with Gasteiger partial charge < -0.3 is 15.0 Å². The minimum atomic E-state index is -3.91. The molecule has 32 heavy (non-hydrogen) atoms. The van der Waals surface area contributed by atoms with Crippen molar-refractivity contribution in [1.29, 1.82) is 0 Å². The topological polar surface area (TPSA) is 96.0 Å². The maximum Gasteiger partial charge on any atom is 0.265 e. The average molecular weight is 476 g/mol. The van der Waals surface area contributed by atoms with Crippen LogP contribution in [0.3, 0.4) is 0 Å². The Morgan fingerprint density at radius 1 is 1.16 bits per heavy atom. The third-order valence-corrected chi connectivity index (χ3v) is 7.71. The predicted octanol–water partition coefficient (Wildman–Crippen LogP) is 2.61. The second kappa shape index (κ2) is 8.93. The molecule has 168 valence electrons. The van der Waals surface area contributed by atoms with Gasteiger partial charge in [-0.2, -0.15) is 4.31 Å². The fourth-order valence-electron chi connectivity index (χ4n) is 3.53. The van der Waals surface area contributed by atoms with Crippen molar-refractivity contribution in [3.8, 4) is 5.75 Å². The van der Waals surface area contributed by atoms with Gasteiger partial charge >= 0.3 is 0 Å². The molecule has 1 N–H and O–H groups in total. The molecule has 1 unspecified atom stereocenters.